The Morgan fingerprint density at radius 2 is 2.20 bits per heavy atom. The minimum Gasteiger partial charge on any atom is -0.468 e. The third-order valence-corrected chi connectivity index (χ3v) is 2.99. The molecule has 1 fully saturated rings. The summed E-state index contributed by atoms with van der Waals surface area (Å²) in [5, 5.41) is 11.7. The average Bonchev–Trinajstić information content (AvgIpc) is 2.45. The number of nitrogens with zero attached hydrogens (tertiary/aromatic N) is 2. The lowest BCUT2D eigenvalue weighted by Crippen LogP contribution is -2.47. The first kappa shape index (κ1) is 16.1. The van der Waals surface area contributed by atoms with Crippen molar-refractivity contribution in [1.82, 2.24) is 4.90 Å². The van der Waals surface area contributed by atoms with Crippen LogP contribution in [0.25, 0.3) is 0 Å². The highest BCUT2D eigenvalue weighted by atomic mass is 16.5. The largest absolute Gasteiger partial charge is 0.468 e. The number of carbonyl (C=O) groups excluding carboxylic acids is 3. The van der Waals surface area contributed by atoms with Gasteiger partial charge in [-0.15, -0.1) is 0 Å². The summed E-state index contributed by atoms with van der Waals surface area (Å²) in [6, 6.07) is 0. The molecule has 20 heavy (non-hydrogen) atoms. The van der Waals surface area contributed by atoms with Crippen molar-refractivity contribution < 1.29 is 29.1 Å². The SMILES string of the molecule is CCOC(=O)/C(CN1CCC(=O)C(C(=O)OC)C1)=N/O. The van der Waals surface area contributed by atoms with Crippen LogP contribution in [-0.4, -0.2) is 66.9 Å². The highest BCUT2D eigenvalue weighted by Crippen LogP contribution is 2.14. The fraction of sp³-hybridized carbons (Fsp3) is 0.667. The van der Waals surface area contributed by atoms with E-state index in [1.54, 1.807) is 11.8 Å². The number of oxime groups is 1. The number of ketones is 1. The number of likely N-dealkylation sites (tertiary alicyclic amines) is 1. The Kier molecular flexibility index (Phi) is 6.10. The molecule has 1 N–H and O–H groups in total. The van der Waals surface area contributed by atoms with E-state index in [0.717, 1.165) is 0 Å². The third kappa shape index (κ3) is 4.02. The molecular formula is C12H18N2O6. The van der Waals surface area contributed by atoms with Crippen LogP contribution in [0.5, 0.6) is 0 Å². The van der Waals surface area contributed by atoms with E-state index < -0.39 is 17.9 Å². The quantitative estimate of drug-likeness (QED) is 0.237. The summed E-state index contributed by atoms with van der Waals surface area (Å²) in [6.45, 7) is 2.33. The van der Waals surface area contributed by atoms with Crippen LogP contribution in [0.15, 0.2) is 5.16 Å². The van der Waals surface area contributed by atoms with Crippen LogP contribution >= 0.6 is 0 Å². The minimum absolute atomic E-state index is 0.0100. The lowest BCUT2D eigenvalue weighted by Gasteiger charge is -2.29. The van der Waals surface area contributed by atoms with Gasteiger partial charge in [0.25, 0.3) is 0 Å². The number of carbonyl (C=O) groups is 3. The number of piperidine rings is 1. The van der Waals surface area contributed by atoms with Gasteiger partial charge in [-0.25, -0.2) is 4.79 Å². The summed E-state index contributed by atoms with van der Waals surface area (Å²) < 4.78 is 9.31. The second-order valence-corrected chi connectivity index (χ2v) is 4.29. The lowest BCUT2D eigenvalue weighted by molar-refractivity contribution is -0.151. The maximum atomic E-state index is 11.6. The summed E-state index contributed by atoms with van der Waals surface area (Å²) >= 11 is 0. The Morgan fingerprint density at radius 1 is 1.50 bits per heavy atom. The molecule has 1 heterocycles. The van der Waals surface area contributed by atoms with E-state index >= 15 is 0 Å². The summed E-state index contributed by atoms with van der Waals surface area (Å²) in [5.74, 6) is -2.37. The number of Topliss-reactive ketones (excluding diaryl/α,β-unsaturated/α-hetero) is 1. The number of hydrogen-bond donors (Lipinski definition) is 1. The van der Waals surface area contributed by atoms with Crippen LogP contribution in [-0.2, 0) is 23.9 Å². The van der Waals surface area contributed by atoms with Gasteiger partial charge in [-0.1, -0.05) is 5.16 Å². The molecule has 0 spiro atoms. The number of methoxy groups -OCH3 is 1. The zero-order chi connectivity index (χ0) is 15.1. The van der Waals surface area contributed by atoms with Crippen molar-refractivity contribution in [3.05, 3.63) is 0 Å². The summed E-state index contributed by atoms with van der Waals surface area (Å²) in [6.07, 6.45) is 0.182. The first-order valence-corrected chi connectivity index (χ1v) is 6.24. The lowest BCUT2D eigenvalue weighted by atomic mass is 9.96. The summed E-state index contributed by atoms with van der Waals surface area (Å²) in [7, 11) is 1.22. The molecule has 1 atom stereocenters. The fourth-order valence-corrected chi connectivity index (χ4v) is 1.95. The van der Waals surface area contributed by atoms with Crippen LogP contribution in [0.3, 0.4) is 0 Å². The van der Waals surface area contributed by atoms with Gasteiger partial charge in [-0.2, -0.15) is 0 Å². The highest BCUT2D eigenvalue weighted by molar-refractivity contribution is 6.37. The molecule has 0 aromatic rings. The van der Waals surface area contributed by atoms with E-state index in [2.05, 4.69) is 9.89 Å². The van der Waals surface area contributed by atoms with Gasteiger partial charge in [0, 0.05) is 19.5 Å². The van der Waals surface area contributed by atoms with Crippen molar-refractivity contribution in [2.24, 2.45) is 11.1 Å². The van der Waals surface area contributed by atoms with Crippen molar-refractivity contribution in [3.63, 3.8) is 0 Å². The predicted molar refractivity (Wildman–Crippen MR) is 67.4 cm³/mol. The van der Waals surface area contributed by atoms with E-state index in [9.17, 15) is 14.4 Å². The molecule has 1 saturated heterocycles. The average molecular weight is 286 g/mol. The smallest absolute Gasteiger partial charge is 0.357 e. The van der Waals surface area contributed by atoms with E-state index in [4.69, 9.17) is 9.94 Å². The third-order valence-electron chi connectivity index (χ3n) is 2.99. The van der Waals surface area contributed by atoms with Crippen LogP contribution in [0.1, 0.15) is 13.3 Å². The molecule has 8 nitrogen and oxygen atoms in total. The Morgan fingerprint density at radius 3 is 2.75 bits per heavy atom. The van der Waals surface area contributed by atoms with E-state index in [1.165, 1.54) is 7.11 Å². The van der Waals surface area contributed by atoms with Gasteiger partial charge in [-0.3, -0.25) is 14.5 Å². The number of esters is 2. The number of ether oxygens (including phenoxy) is 2. The van der Waals surface area contributed by atoms with Crippen LogP contribution in [0.4, 0.5) is 0 Å². The molecule has 0 aromatic heterocycles. The van der Waals surface area contributed by atoms with Crippen molar-refractivity contribution in [1.29, 1.82) is 0 Å². The molecule has 112 valence electrons. The van der Waals surface area contributed by atoms with E-state index in [-0.39, 0.29) is 37.6 Å². The maximum absolute atomic E-state index is 11.6. The topological polar surface area (TPSA) is 106 Å². The standard InChI is InChI=1S/C12H18N2O6/c1-3-20-12(17)9(13-18)7-14-5-4-10(15)8(6-14)11(16)19-2/h8,18H,3-7H2,1-2H3/b13-9+. The van der Waals surface area contributed by atoms with Gasteiger partial charge >= 0.3 is 11.9 Å². The monoisotopic (exact) mass is 286 g/mol. The molecule has 0 amide bonds. The van der Waals surface area contributed by atoms with Crippen LogP contribution < -0.4 is 0 Å². The molecule has 0 aromatic carbocycles. The van der Waals surface area contributed by atoms with Crippen LogP contribution in [0.2, 0.25) is 0 Å². The zero-order valence-corrected chi connectivity index (χ0v) is 11.5. The normalized spacial score (nSPS) is 20.6. The Labute approximate surface area is 116 Å². The first-order chi connectivity index (χ1) is 9.53. The second kappa shape index (κ2) is 7.59. The molecule has 0 saturated carbocycles. The van der Waals surface area contributed by atoms with Gasteiger partial charge in [-0.05, 0) is 6.92 Å². The molecule has 8 heteroatoms. The molecule has 1 aliphatic rings. The minimum atomic E-state index is -0.865. The van der Waals surface area contributed by atoms with Crippen molar-refractivity contribution in [2.75, 3.05) is 33.4 Å². The molecule has 1 rings (SSSR count). The van der Waals surface area contributed by atoms with E-state index in [1.807, 2.05) is 0 Å². The van der Waals surface area contributed by atoms with Gasteiger partial charge in [0.2, 0.25) is 0 Å². The van der Waals surface area contributed by atoms with E-state index in [0.29, 0.717) is 6.54 Å². The van der Waals surface area contributed by atoms with Gasteiger partial charge in [0.1, 0.15) is 11.7 Å². The molecule has 1 aliphatic heterocycles. The van der Waals surface area contributed by atoms with Crippen molar-refractivity contribution in [2.45, 2.75) is 13.3 Å². The summed E-state index contributed by atoms with van der Waals surface area (Å²) in [4.78, 5) is 36.3. The first-order valence-electron chi connectivity index (χ1n) is 6.24. The molecule has 0 bridgehead atoms. The highest BCUT2D eigenvalue weighted by Gasteiger charge is 2.34. The molecule has 1 unspecified atom stereocenters. The second-order valence-electron chi connectivity index (χ2n) is 4.29. The van der Waals surface area contributed by atoms with Crippen molar-refractivity contribution in [3.8, 4) is 0 Å². The predicted octanol–water partition coefficient (Wildman–Crippen LogP) is -0.556. The Bertz CT molecular complexity index is 412. The Balaban J connectivity index is 2.66. The fourth-order valence-electron chi connectivity index (χ4n) is 1.95. The van der Waals surface area contributed by atoms with Gasteiger partial charge in [0.05, 0.1) is 20.3 Å². The maximum Gasteiger partial charge on any atom is 0.357 e. The van der Waals surface area contributed by atoms with Gasteiger partial charge < -0.3 is 14.7 Å². The Hall–Kier alpha value is -1.96. The summed E-state index contributed by atoms with van der Waals surface area (Å²) in [5.41, 5.74) is -0.162. The molecule has 0 radical (unpaired) electrons. The molecule has 0 aliphatic carbocycles. The van der Waals surface area contributed by atoms with Crippen LogP contribution in [0, 0.1) is 5.92 Å². The van der Waals surface area contributed by atoms with Crippen molar-refractivity contribution >= 4 is 23.4 Å². The number of rotatable bonds is 5. The molecular weight excluding hydrogens is 268 g/mol. The van der Waals surface area contributed by atoms with Gasteiger partial charge in [0.15, 0.2) is 5.71 Å². The zero-order valence-electron chi connectivity index (χ0n) is 11.5. The number of hydrogen-bond acceptors (Lipinski definition) is 8.